The van der Waals surface area contributed by atoms with Crippen LogP contribution in [0.25, 0.3) is 177 Å². The van der Waals surface area contributed by atoms with Gasteiger partial charge in [-0.2, -0.15) is 15.0 Å². The summed E-state index contributed by atoms with van der Waals surface area (Å²) in [5.41, 5.74) is 17.1. The van der Waals surface area contributed by atoms with E-state index < -0.39 is 0 Å². The lowest BCUT2D eigenvalue weighted by Gasteiger charge is -2.14. The van der Waals surface area contributed by atoms with Gasteiger partial charge in [-0.3, -0.25) is 13.7 Å². The molecule has 0 radical (unpaired) electrons. The summed E-state index contributed by atoms with van der Waals surface area (Å²) in [5, 5.41) is 13.3. The van der Waals surface area contributed by atoms with Crippen molar-refractivity contribution in [3.05, 3.63) is 261 Å². The molecular formula is C75H43N7O2. The first kappa shape index (κ1) is 45.2. The van der Waals surface area contributed by atoms with E-state index in [-0.39, 0.29) is 0 Å². The molecule has 0 saturated carbocycles. The summed E-state index contributed by atoms with van der Waals surface area (Å²) in [6.07, 6.45) is 0. The lowest BCUT2D eigenvalue weighted by atomic mass is 10.0. The van der Waals surface area contributed by atoms with E-state index in [4.69, 9.17) is 23.8 Å². The van der Waals surface area contributed by atoms with Gasteiger partial charge in [0.2, 0.25) is 17.8 Å². The monoisotopic (exact) mass is 1070 g/mol. The van der Waals surface area contributed by atoms with E-state index in [1.165, 1.54) is 21.8 Å². The maximum atomic E-state index is 6.60. The SMILES string of the molecule is c1ccc(-n2c3ccccc3c3cc(-c4ccc5c(c4)c4ccccc4n5-c4nc(-n5c6ccccc6c6cc(-c7ccc8oc9ccccc9c8c7)ccc65)nc(-n5c6ccccc6c6cc7c(cc65)oc5ccccc57)n4)ccc32)cc1. The molecule has 7 aromatic heterocycles. The molecule has 0 aliphatic heterocycles. The zero-order valence-corrected chi connectivity index (χ0v) is 44.8. The third-order valence-electron chi connectivity index (χ3n) is 17.4. The van der Waals surface area contributed by atoms with Crippen molar-refractivity contribution in [1.29, 1.82) is 0 Å². The largest absolute Gasteiger partial charge is 0.456 e. The fraction of sp³-hybridized carbons (Fsp3) is 0. The predicted molar refractivity (Wildman–Crippen MR) is 343 cm³/mol. The van der Waals surface area contributed by atoms with Gasteiger partial charge < -0.3 is 13.4 Å². The van der Waals surface area contributed by atoms with Crippen LogP contribution in [0.1, 0.15) is 0 Å². The van der Waals surface area contributed by atoms with E-state index in [1.807, 2.05) is 24.3 Å². The number of aromatic nitrogens is 7. The summed E-state index contributed by atoms with van der Waals surface area (Å²) in [6.45, 7) is 0. The van der Waals surface area contributed by atoms with Crippen LogP contribution in [0.4, 0.5) is 0 Å². The summed E-state index contributed by atoms with van der Waals surface area (Å²) in [5.74, 6) is 1.45. The summed E-state index contributed by atoms with van der Waals surface area (Å²) in [6, 6.07) is 92.8. The average Bonchev–Trinajstić information content (AvgIpc) is 2.17. The van der Waals surface area contributed by atoms with Crippen LogP contribution in [0.15, 0.2) is 270 Å². The van der Waals surface area contributed by atoms with Gasteiger partial charge >= 0.3 is 0 Å². The lowest BCUT2D eigenvalue weighted by molar-refractivity contribution is 0.668. The first-order chi connectivity index (χ1) is 41.6. The Bertz CT molecular complexity index is 6010. The van der Waals surface area contributed by atoms with Gasteiger partial charge in [-0.15, -0.1) is 0 Å². The van der Waals surface area contributed by atoms with Crippen LogP contribution >= 0.6 is 0 Å². The molecule has 0 fully saturated rings. The zero-order chi connectivity index (χ0) is 54.7. The van der Waals surface area contributed by atoms with E-state index >= 15 is 0 Å². The van der Waals surface area contributed by atoms with Gasteiger partial charge in [0.05, 0.1) is 44.1 Å². The van der Waals surface area contributed by atoms with Crippen LogP contribution in [0.3, 0.4) is 0 Å². The summed E-state index contributed by atoms with van der Waals surface area (Å²) >= 11 is 0. The molecule has 12 aromatic carbocycles. The van der Waals surface area contributed by atoms with Gasteiger partial charge in [-0.25, -0.2) is 0 Å². The number of para-hydroxylation sites is 7. The van der Waals surface area contributed by atoms with E-state index in [1.54, 1.807) is 0 Å². The van der Waals surface area contributed by atoms with Crippen molar-refractivity contribution in [1.82, 2.24) is 33.2 Å². The Labute approximate surface area is 477 Å². The quantitative estimate of drug-likeness (QED) is 0.166. The molecule has 390 valence electrons. The standard InChI is InChI=1S/C75H43N7O2/c1-2-16-48(17-3-1)79-61-24-10-4-18-49(61)55-38-44(30-34-65(55)79)45-31-35-66-56(39-45)50-19-5-11-25-62(50)80(66)73-76-74(78-75(77-73)82-64-27-13-7-21-52(64)58-42-60-54-23-9-15-29-70(54)84-72(60)43-68(58)82)81-63-26-12-6-20-51(63)57-40-46(32-36-67(57)81)47-33-37-71-59(41-47)53-22-8-14-28-69(53)83-71/h1-43H. The fourth-order valence-electron chi connectivity index (χ4n) is 13.7. The van der Waals surface area contributed by atoms with Crippen molar-refractivity contribution in [2.24, 2.45) is 0 Å². The number of rotatable bonds is 6. The maximum Gasteiger partial charge on any atom is 0.241 e. The Hall–Kier alpha value is -11.6. The van der Waals surface area contributed by atoms with Crippen LogP contribution in [-0.4, -0.2) is 33.2 Å². The van der Waals surface area contributed by atoms with Gasteiger partial charge in [0, 0.05) is 76.4 Å². The molecule has 0 atom stereocenters. The predicted octanol–water partition coefficient (Wildman–Crippen LogP) is 19.4. The van der Waals surface area contributed by atoms with Crippen molar-refractivity contribution >= 4 is 131 Å². The van der Waals surface area contributed by atoms with Gasteiger partial charge in [0.15, 0.2) is 0 Å². The van der Waals surface area contributed by atoms with E-state index in [0.717, 1.165) is 137 Å². The van der Waals surface area contributed by atoms with Crippen LogP contribution in [0.5, 0.6) is 0 Å². The minimum absolute atomic E-state index is 0.477. The Morgan fingerprint density at radius 3 is 1.01 bits per heavy atom. The minimum atomic E-state index is 0.477. The Morgan fingerprint density at radius 1 is 0.202 bits per heavy atom. The second-order valence-electron chi connectivity index (χ2n) is 21.9. The highest BCUT2D eigenvalue weighted by Gasteiger charge is 2.25. The van der Waals surface area contributed by atoms with Gasteiger partial charge in [-0.1, -0.05) is 152 Å². The van der Waals surface area contributed by atoms with Crippen LogP contribution in [-0.2, 0) is 0 Å². The third-order valence-corrected chi connectivity index (χ3v) is 17.4. The Morgan fingerprint density at radius 2 is 0.524 bits per heavy atom. The second-order valence-corrected chi connectivity index (χ2v) is 21.9. The molecular weight excluding hydrogens is 1030 g/mol. The molecule has 9 nitrogen and oxygen atoms in total. The molecule has 0 saturated heterocycles. The molecule has 84 heavy (non-hydrogen) atoms. The normalized spacial score (nSPS) is 12.3. The molecule has 0 unspecified atom stereocenters. The van der Waals surface area contributed by atoms with E-state index in [9.17, 15) is 0 Å². The lowest BCUT2D eigenvalue weighted by Crippen LogP contribution is -2.13. The summed E-state index contributed by atoms with van der Waals surface area (Å²) in [4.78, 5) is 16.9. The van der Waals surface area contributed by atoms with E-state index in [2.05, 4.69) is 255 Å². The van der Waals surface area contributed by atoms with Crippen molar-refractivity contribution < 1.29 is 8.83 Å². The van der Waals surface area contributed by atoms with Crippen molar-refractivity contribution in [3.63, 3.8) is 0 Å². The van der Waals surface area contributed by atoms with Crippen molar-refractivity contribution in [2.75, 3.05) is 0 Å². The summed E-state index contributed by atoms with van der Waals surface area (Å²) in [7, 11) is 0. The molecule has 0 spiro atoms. The molecule has 9 heteroatoms. The average molecular weight is 1070 g/mol. The molecule has 0 aliphatic rings. The Kier molecular flexibility index (Phi) is 9.15. The summed E-state index contributed by atoms with van der Waals surface area (Å²) < 4.78 is 21.8. The van der Waals surface area contributed by atoms with Crippen LogP contribution < -0.4 is 0 Å². The molecule has 0 N–H and O–H groups in total. The number of nitrogens with zero attached hydrogens (tertiary/aromatic N) is 7. The maximum absolute atomic E-state index is 6.60. The number of benzene rings is 12. The van der Waals surface area contributed by atoms with Crippen LogP contribution in [0, 0.1) is 0 Å². The first-order valence-electron chi connectivity index (χ1n) is 28.3. The van der Waals surface area contributed by atoms with Crippen molar-refractivity contribution in [2.45, 2.75) is 0 Å². The topological polar surface area (TPSA) is 84.7 Å². The molecule has 0 bridgehead atoms. The molecule has 0 amide bonds. The smallest absolute Gasteiger partial charge is 0.241 e. The number of fused-ring (bicyclic) bond motifs is 18. The van der Waals surface area contributed by atoms with E-state index in [0.29, 0.717) is 17.8 Å². The van der Waals surface area contributed by atoms with Gasteiger partial charge in [0.25, 0.3) is 0 Å². The number of hydrogen-bond donors (Lipinski definition) is 0. The third kappa shape index (κ3) is 6.40. The number of hydrogen-bond acceptors (Lipinski definition) is 5. The van der Waals surface area contributed by atoms with Gasteiger partial charge in [0.1, 0.15) is 22.3 Å². The second kappa shape index (κ2) is 17.0. The first-order valence-corrected chi connectivity index (χ1v) is 28.3. The van der Waals surface area contributed by atoms with Crippen molar-refractivity contribution in [3.8, 4) is 45.8 Å². The Balaban J connectivity index is 0.850. The molecule has 19 rings (SSSR count). The molecule has 0 aliphatic carbocycles. The molecule has 7 heterocycles. The van der Waals surface area contributed by atoms with Gasteiger partial charge in [-0.05, 0) is 125 Å². The zero-order valence-electron chi connectivity index (χ0n) is 44.8. The molecule has 19 aromatic rings. The highest BCUT2D eigenvalue weighted by molar-refractivity contribution is 6.18. The number of furan rings is 2. The highest BCUT2D eigenvalue weighted by Crippen LogP contribution is 2.43. The minimum Gasteiger partial charge on any atom is -0.456 e. The fourth-order valence-corrected chi connectivity index (χ4v) is 13.7. The highest BCUT2D eigenvalue weighted by atomic mass is 16.3. The van der Waals surface area contributed by atoms with Crippen LogP contribution in [0.2, 0.25) is 0 Å².